The van der Waals surface area contributed by atoms with Gasteiger partial charge in [-0.15, -0.1) is 0 Å². The fraction of sp³-hybridized carbons (Fsp3) is 0.444. The highest BCUT2D eigenvalue weighted by Gasteiger charge is 2.43. The number of nitrogens with zero attached hydrogens (tertiary/aromatic N) is 3. The predicted octanol–water partition coefficient (Wildman–Crippen LogP) is 5.48. The molecule has 2 heterocycles. The van der Waals surface area contributed by atoms with Gasteiger partial charge in [-0.3, -0.25) is 10.2 Å². The summed E-state index contributed by atoms with van der Waals surface area (Å²) in [5, 5.41) is 7.65. The van der Waals surface area contributed by atoms with Crippen molar-refractivity contribution in [2.75, 3.05) is 5.32 Å². The molecule has 2 aromatic heterocycles. The van der Waals surface area contributed by atoms with E-state index in [-0.39, 0.29) is 17.9 Å². The third kappa shape index (κ3) is 6.32. The number of carbonyl (C=O) groups is 1. The lowest BCUT2D eigenvalue weighted by molar-refractivity contribution is -0.140. The fourth-order valence-corrected chi connectivity index (χ4v) is 4.96. The summed E-state index contributed by atoms with van der Waals surface area (Å²) < 4.78 is 61.2. The Morgan fingerprint density at radius 2 is 1.82 bits per heavy atom. The van der Waals surface area contributed by atoms with E-state index in [4.69, 9.17) is 15.6 Å². The number of hydrogen-bond acceptors (Lipinski definition) is 6. The molecule has 0 saturated heterocycles. The number of alkyl halides is 3. The van der Waals surface area contributed by atoms with Gasteiger partial charge in [-0.05, 0) is 70.7 Å². The topological polar surface area (TPSA) is 107 Å². The van der Waals surface area contributed by atoms with E-state index < -0.39 is 34.8 Å². The van der Waals surface area contributed by atoms with Crippen molar-refractivity contribution in [2.24, 2.45) is 11.3 Å². The predicted molar refractivity (Wildman–Crippen MR) is 137 cm³/mol. The Bertz CT molecular complexity index is 1310. The van der Waals surface area contributed by atoms with E-state index in [0.717, 1.165) is 11.9 Å². The Balaban J connectivity index is 1.48. The van der Waals surface area contributed by atoms with Gasteiger partial charge in [-0.1, -0.05) is 12.1 Å². The molecule has 4 N–H and O–H groups in total. The maximum Gasteiger partial charge on any atom is 0.419 e. The van der Waals surface area contributed by atoms with Crippen molar-refractivity contribution in [3.8, 4) is 5.75 Å². The molecular formula is C27H32F4N6O2. The van der Waals surface area contributed by atoms with E-state index in [1.165, 1.54) is 6.07 Å². The van der Waals surface area contributed by atoms with Gasteiger partial charge in [0.1, 0.15) is 11.6 Å². The Morgan fingerprint density at radius 1 is 1.13 bits per heavy atom. The molecule has 0 unspecified atom stereocenters. The van der Waals surface area contributed by atoms with Crippen LogP contribution in [0, 0.1) is 11.2 Å². The van der Waals surface area contributed by atoms with Crippen LogP contribution in [0.5, 0.6) is 5.75 Å². The third-order valence-corrected chi connectivity index (χ3v) is 6.93. The number of benzene rings is 1. The van der Waals surface area contributed by atoms with Gasteiger partial charge in [0.05, 0.1) is 28.8 Å². The van der Waals surface area contributed by atoms with E-state index in [1.807, 2.05) is 49.7 Å². The highest BCUT2D eigenvalue weighted by Crippen LogP contribution is 2.42. The van der Waals surface area contributed by atoms with E-state index in [1.54, 1.807) is 6.20 Å². The Hall–Kier alpha value is -3.67. The lowest BCUT2D eigenvalue weighted by Crippen LogP contribution is -2.48. The molecule has 0 aliphatic heterocycles. The number of anilines is 2. The van der Waals surface area contributed by atoms with Crippen molar-refractivity contribution >= 4 is 17.5 Å². The van der Waals surface area contributed by atoms with Crippen molar-refractivity contribution in [2.45, 2.75) is 70.7 Å². The Kier molecular flexibility index (Phi) is 7.87. The molecule has 1 saturated carbocycles. The smallest absolute Gasteiger partial charge is 0.419 e. The van der Waals surface area contributed by atoms with Gasteiger partial charge in [-0.25, -0.2) is 19.9 Å². The van der Waals surface area contributed by atoms with Crippen molar-refractivity contribution in [3.63, 3.8) is 0 Å². The van der Waals surface area contributed by atoms with Crippen LogP contribution in [0.4, 0.5) is 29.2 Å². The molecule has 0 bridgehead atoms. The summed E-state index contributed by atoms with van der Waals surface area (Å²) in [6, 6.07) is 10.3. The van der Waals surface area contributed by atoms with Crippen LogP contribution >= 0.6 is 0 Å². The molecule has 1 aliphatic carbocycles. The monoisotopic (exact) mass is 548 g/mol. The number of pyridine rings is 1. The maximum atomic E-state index is 14.5. The average Bonchev–Trinajstić information content (AvgIpc) is 3.34. The molecule has 0 spiro atoms. The lowest BCUT2D eigenvalue weighted by Gasteiger charge is -2.38. The molecule has 210 valence electrons. The number of rotatable bonds is 7. The first kappa shape index (κ1) is 28.3. The zero-order valence-corrected chi connectivity index (χ0v) is 22.0. The standard InChI is InChI=1S/C27H32F4N6O2/c1-25(2,3)37-22(12-15-33-37)35-21-9-4-6-17(34-21)16-26(24(38)36-32)13-10-18(11-14-26)39-20-8-5-7-19(23(20)28)27(29,30)31/h4-9,12,15,18H,10-11,13-14,16,32H2,1-3H3,(H,34,35)(H,36,38). The van der Waals surface area contributed by atoms with E-state index >= 15 is 0 Å². The zero-order chi connectivity index (χ0) is 28.4. The summed E-state index contributed by atoms with van der Waals surface area (Å²) in [6.45, 7) is 6.10. The second-order valence-corrected chi connectivity index (χ2v) is 10.8. The molecule has 1 fully saturated rings. The minimum atomic E-state index is -4.83. The largest absolute Gasteiger partial charge is 0.487 e. The number of nitrogens with one attached hydrogen (secondary N) is 2. The summed E-state index contributed by atoms with van der Waals surface area (Å²) >= 11 is 0. The van der Waals surface area contributed by atoms with Gasteiger partial charge in [0.15, 0.2) is 11.6 Å². The van der Waals surface area contributed by atoms with Gasteiger partial charge in [0.25, 0.3) is 0 Å². The quantitative estimate of drug-likeness (QED) is 0.156. The fourth-order valence-electron chi connectivity index (χ4n) is 4.96. The summed E-state index contributed by atoms with van der Waals surface area (Å²) in [5.74, 6) is 4.61. The van der Waals surface area contributed by atoms with Crippen LogP contribution < -0.4 is 21.3 Å². The van der Waals surface area contributed by atoms with Crippen molar-refractivity contribution < 1.29 is 27.1 Å². The molecule has 1 aromatic carbocycles. The number of nitrogens with two attached hydrogens (primary N) is 1. The molecule has 39 heavy (non-hydrogen) atoms. The second kappa shape index (κ2) is 10.8. The Labute approximate surface area is 223 Å². The normalized spacial score (nSPS) is 19.9. The third-order valence-electron chi connectivity index (χ3n) is 6.93. The van der Waals surface area contributed by atoms with Crippen LogP contribution in [0.3, 0.4) is 0 Å². The van der Waals surface area contributed by atoms with Crippen molar-refractivity contribution in [1.82, 2.24) is 20.2 Å². The average molecular weight is 549 g/mol. The minimum Gasteiger partial charge on any atom is -0.487 e. The summed E-state index contributed by atoms with van der Waals surface area (Å²) in [5.41, 5.74) is 0.384. The summed E-state index contributed by atoms with van der Waals surface area (Å²) in [4.78, 5) is 17.6. The van der Waals surface area contributed by atoms with Crippen LogP contribution in [0.25, 0.3) is 0 Å². The molecular weight excluding hydrogens is 516 g/mol. The van der Waals surface area contributed by atoms with Crippen molar-refractivity contribution in [1.29, 1.82) is 0 Å². The molecule has 1 aliphatic rings. The number of halogens is 4. The zero-order valence-electron chi connectivity index (χ0n) is 22.0. The first-order valence-electron chi connectivity index (χ1n) is 12.6. The number of hydrazine groups is 1. The van der Waals surface area contributed by atoms with Crippen LogP contribution in [-0.2, 0) is 22.9 Å². The van der Waals surface area contributed by atoms with E-state index in [9.17, 15) is 22.4 Å². The Morgan fingerprint density at radius 3 is 2.46 bits per heavy atom. The number of aromatic nitrogens is 3. The maximum absolute atomic E-state index is 14.5. The highest BCUT2D eigenvalue weighted by molar-refractivity contribution is 5.82. The molecule has 3 aromatic rings. The lowest BCUT2D eigenvalue weighted by atomic mass is 9.69. The van der Waals surface area contributed by atoms with Crippen LogP contribution in [0.2, 0.25) is 0 Å². The summed E-state index contributed by atoms with van der Waals surface area (Å²) in [6.07, 6.45) is -2.08. The van der Waals surface area contributed by atoms with Gasteiger partial charge < -0.3 is 10.1 Å². The first-order chi connectivity index (χ1) is 18.3. The molecule has 0 radical (unpaired) electrons. The van der Waals surface area contributed by atoms with Gasteiger partial charge in [0.2, 0.25) is 5.91 Å². The molecule has 8 nitrogen and oxygen atoms in total. The van der Waals surface area contributed by atoms with E-state index in [0.29, 0.717) is 43.3 Å². The SMILES string of the molecule is CC(C)(C)n1nccc1Nc1cccc(CC2(C(=O)NN)CCC(Oc3cccc(C(F)(F)F)c3F)CC2)n1. The molecule has 4 rings (SSSR count). The summed E-state index contributed by atoms with van der Waals surface area (Å²) in [7, 11) is 0. The van der Waals surface area contributed by atoms with Crippen molar-refractivity contribution in [3.05, 3.63) is 65.7 Å². The van der Waals surface area contributed by atoms with Gasteiger partial charge >= 0.3 is 6.18 Å². The highest BCUT2D eigenvalue weighted by atomic mass is 19.4. The van der Waals surface area contributed by atoms with Gasteiger partial charge in [-0.2, -0.15) is 18.3 Å². The van der Waals surface area contributed by atoms with Crippen LogP contribution in [-0.4, -0.2) is 26.8 Å². The second-order valence-electron chi connectivity index (χ2n) is 10.8. The minimum absolute atomic E-state index is 0.246. The molecule has 0 atom stereocenters. The number of ether oxygens (including phenoxy) is 1. The number of amides is 1. The molecule has 1 amide bonds. The number of carbonyl (C=O) groups excluding carboxylic acids is 1. The van der Waals surface area contributed by atoms with E-state index in [2.05, 4.69) is 15.8 Å². The van der Waals surface area contributed by atoms with Crippen LogP contribution in [0.15, 0.2) is 48.7 Å². The first-order valence-corrected chi connectivity index (χ1v) is 12.6. The number of hydrogen-bond donors (Lipinski definition) is 3. The molecule has 12 heteroatoms. The van der Waals surface area contributed by atoms with Crippen LogP contribution in [0.1, 0.15) is 57.7 Å². The van der Waals surface area contributed by atoms with Gasteiger partial charge in [0, 0.05) is 18.2 Å².